The van der Waals surface area contributed by atoms with E-state index in [1.54, 1.807) is 29.8 Å². The van der Waals surface area contributed by atoms with Crippen LogP contribution in [-0.4, -0.2) is 43.4 Å². The van der Waals surface area contributed by atoms with Crippen LogP contribution < -0.4 is 0 Å². The number of hydrogen-bond donors (Lipinski definition) is 0. The van der Waals surface area contributed by atoms with E-state index < -0.39 is 0 Å². The van der Waals surface area contributed by atoms with Gasteiger partial charge in [-0.2, -0.15) is 0 Å². The Morgan fingerprint density at radius 3 is 2.85 bits per heavy atom. The van der Waals surface area contributed by atoms with Gasteiger partial charge in [0.2, 0.25) is 5.91 Å². The Morgan fingerprint density at radius 1 is 1.35 bits per heavy atom. The molecule has 0 N–H and O–H groups in total. The lowest BCUT2D eigenvalue weighted by molar-refractivity contribution is -0.134. The van der Waals surface area contributed by atoms with Crippen LogP contribution in [0.15, 0.2) is 29.4 Å². The molecule has 26 heavy (non-hydrogen) atoms. The van der Waals surface area contributed by atoms with E-state index in [1.807, 2.05) is 11.8 Å². The first-order chi connectivity index (χ1) is 12.5. The zero-order chi connectivity index (χ0) is 18.7. The molecule has 1 saturated heterocycles. The fraction of sp³-hybridized carbons (Fsp3) is 0.526. The SMILES string of the molecule is CCC1CCCCN1C(=O)C(C)Sc1nnc(-c2ccccc2F)n1C. The second-order valence-corrected chi connectivity index (χ2v) is 8.00. The van der Waals surface area contributed by atoms with Gasteiger partial charge in [-0.05, 0) is 44.7 Å². The number of carbonyl (C=O) groups is 1. The van der Waals surface area contributed by atoms with E-state index in [-0.39, 0.29) is 17.0 Å². The zero-order valence-electron chi connectivity index (χ0n) is 15.5. The van der Waals surface area contributed by atoms with Crippen LogP contribution in [0.4, 0.5) is 4.39 Å². The Balaban J connectivity index is 1.75. The van der Waals surface area contributed by atoms with Crippen LogP contribution in [0.3, 0.4) is 0 Å². The summed E-state index contributed by atoms with van der Waals surface area (Å²) in [5.74, 6) is 0.287. The molecule has 1 aliphatic rings. The van der Waals surface area contributed by atoms with E-state index in [0.29, 0.717) is 22.6 Å². The third-order valence-corrected chi connectivity index (χ3v) is 6.08. The van der Waals surface area contributed by atoms with Gasteiger partial charge in [-0.1, -0.05) is 30.8 Å². The molecule has 0 bridgehead atoms. The third kappa shape index (κ3) is 3.77. The lowest BCUT2D eigenvalue weighted by atomic mass is 10.00. The van der Waals surface area contributed by atoms with Gasteiger partial charge >= 0.3 is 0 Å². The summed E-state index contributed by atoms with van der Waals surface area (Å²) in [5, 5.41) is 8.68. The molecule has 2 atom stereocenters. The average molecular weight is 377 g/mol. The van der Waals surface area contributed by atoms with Gasteiger partial charge in [0.05, 0.1) is 10.8 Å². The van der Waals surface area contributed by atoms with Crippen molar-refractivity contribution in [2.75, 3.05) is 6.54 Å². The van der Waals surface area contributed by atoms with Crippen molar-refractivity contribution >= 4 is 17.7 Å². The molecule has 1 aliphatic heterocycles. The molecule has 7 heteroatoms. The van der Waals surface area contributed by atoms with E-state index in [0.717, 1.165) is 25.8 Å². The van der Waals surface area contributed by atoms with E-state index in [2.05, 4.69) is 17.1 Å². The fourth-order valence-corrected chi connectivity index (χ4v) is 4.34. The number of rotatable bonds is 5. The Hall–Kier alpha value is -1.89. The Morgan fingerprint density at radius 2 is 2.12 bits per heavy atom. The quantitative estimate of drug-likeness (QED) is 0.743. The highest BCUT2D eigenvalue weighted by Crippen LogP contribution is 2.29. The lowest BCUT2D eigenvalue weighted by Crippen LogP contribution is -2.46. The standard InChI is InChI=1S/C19H25FN4OS/c1-4-14-9-7-8-12-24(14)18(25)13(2)26-19-22-21-17(23(19)3)15-10-5-6-11-16(15)20/h5-6,10-11,13-14H,4,7-9,12H2,1-3H3. The second-order valence-electron chi connectivity index (χ2n) is 6.69. The maximum atomic E-state index is 14.0. The van der Waals surface area contributed by atoms with Gasteiger partial charge in [-0.15, -0.1) is 10.2 Å². The van der Waals surface area contributed by atoms with Crippen molar-refractivity contribution in [3.05, 3.63) is 30.1 Å². The molecular weight excluding hydrogens is 351 g/mol. The number of piperidine rings is 1. The van der Waals surface area contributed by atoms with E-state index >= 15 is 0 Å². The number of halogens is 1. The summed E-state index contributed by atoms with van der Waals surface area (Å²) in [5.41, 5.74) is 0.412. The summed E-state index contributed by atoms with van der Waals surface area (Å²) in [7, 11) is 1.80. The first-order valence-electron chi connectivity index (χ1n) is 9.14. The average Bonchev–Trinajstić information content (AvgIpc) is 3.01. The molecule has 1 amide bonds. The highest BCUT2D eigenvalue weighted by molar-refractivity contribution is 8.00. The minimum atomic E-state index is -0.331. The van der Waals surface area contributed by atoms with Gasteiger partial charge in [0.25, 0.3) is 0 Å². The number of carbonyl (C=O) groups excluding carboxylic acids is 1. The maximum Gasteiger partial charge on any atom is 0.236 e. The number of hydrogen-bond acceptors (Lipinski definition) is 4. The zero-order valence-corrected chi connectivity index (χ0v) is 16.3. The first-order valence-corrected chi connectivity index (χ1v) is 10.0. The third-order valence-electron chi connectivity index (χ3n) is 4.96. The molecule has 0 radical (unpaired) electrons. The van der Waals surface area contributed by atoms with Crippen molar-refractivity contribution in [3.8, 4) is 11.4 Å². The number of nitrogens with zero attached hydrogens (tertiary/aromatic N) is 4. The van der Waals surface area contributed by atoms with Crippen LogP contribution in [0.5, 0.6) is 0 Å². The van der Waals surface area contributed by atoms with E-state index in [9.17, 15) is 9.18 Å². The summed E-state index contributed by atoms with van der Waals surface area (Å²) in [4.78, 5) is 14.9. The normalized spacial score (nSPS) is 18.8. The molecular formula is C19H25FN4OS. The van der Waals surface area contributed by atoms with Gasteiger partial charge in [-0.3, -0.25) is 4.79 Å². The predicted octanol–water partition coefficient (Wildman–Crippen LogP) is 3.89. The summed E-state index contributed by atoms with van der Waals surface area (Å²) in [6.07, 6.45) is 4.34. The van der Waals surface area contributed by atoms with Crippen molar-refractivity contribution in [1.29, 1.82) is 0 Å². The minimum Gasteiger partial charge on any atom is -0.339 e. The fourth-order valence-electron chi connectivity index (χ4n) is 3.45. The number of benzene rings is 1. The molecule has 2 aromatic rings. The molecule has 0 saturated carbocycles. The Bertz CT molecular complexity index is 779. The number of likely N-dealkylation sites (tertiary alicyclic amines) is 1. The molecule has 5 nitrogen and oxygen atoms in total. The van der Waals surface area contributed by atoms with Crippen molar-refractivity contribution in [2.24, 2.45) is 7.05 Å². The topological polar surface area (TPSA) is 51.0 Å². The van der Waals surface area contributed by atoms with Crippen molar-refractivity contribution in [2.45, 2.75) is 56.0 Å². The lowest BCUT2D eigenvalue weighted by Gasteiger charge is -2.36. The molecule has 3 rings (SSSR count). The van der Waals surface area contributed by atoms with Gasteiger partial charge in [0.1, 0.15) is 5.82 Å². The molecule has 140 valence electrons. The second kappa shape index (κ2) is 8.20. The Kier molecular flexibility index (Phi) is 5.96. The van der Waals surface area contributed by atoms with Gasteiger partial charge < -0.3 is 9.47 Å². The number of aromatic nitrogens is 3. The molecule has 0 spiro atoms. The summed E-state index contributed by atoms with van der Waals surface area (Å²) >= 11 is 1.38. The largest absolute Gasteiger partial charge is 0.339 e. The van der Waals surface area contributed by atoms with Gasteiger partial charge in [0, 0.05) is 19.6 Å². The van der Waals surface area contributed by atoms with Crippen molar-refractivity contribution in [1.82, 2.24) is 19.7 Å². The van der Waals surface area contributed by atoms with Crippen LogP contribution in [0.1, 0.15) is 39.5 Å². The van der Waals surface area contributed by atoms with Crippen LogP contribution in [0.25, 0.3) is 11.4 Å². The van der Waals surface area contributed by atoms with Crippen molar-refractivity contribution < 1.29 is 9.18 Å². The van der Waals surface area contributed by atoms with Gasteiger partial charge in [0.15, 0.2) is 11.0 Å². The minimum absolute atomic E-state index is 0.150. The molecule has 1 aromatic carbocycles. The highest BCUT2D eigenvalue weighted by atomic mass is 32.2. The smallest absolute Gasteiger partial charge is 0.236 e. The van der Waals surface area contributed by atoms with Crippen molar-refractivity contribution in [3.63, 3.8) is 0 Å². The summed E-state index contributed by atoms with van der Waals surface area (Å²) in [6, 6.07) is 6.85. The number of amides is 1. The molecule has 0 aliphatic carbocycles. The summed E-state index contributed by atoms with van der Waals surface area (Å²) in [6.45, 7) is 4.88. The molecule has 1 aromatic heterocycles. The van der Waals surface area contributed by atoms with Crippen LogP contribution in [0, 0.1) is 5.82 Å². The van der Waals surface area contributed by atoms with Crippen LogP contribution in [-0.2, 0) is 11.8 Å². The first kappa shape index (κ1) is 18.9. The molecule has 1 fully saturated rings. The monoisotopic (exact) mass is 376 g/mol. The Labute approximate surface area is 158 Å². The number of thioether (sulfide) groups is 1. The molecule has 2 unspecified atom stereocenters. The molecule has 2 heterocycles. The maximum absolute atomic E-state index is 14.0. The van der Waals surface area contributed by atoms with E-state index in [1.165, 1.54) is 24.2 Å². The summed E-state index contributed by atoms with van der Waals surface area (Å²) < 4.78 is 15.8. The predicted molar refractivity (Wildman–Crippen MR) is 101 cm³/mol. The highest BCUT2D eigenvalue weighted by Gasteiger charge is 2.30. The van der Waals surface area contributed by atoms with Crippen LogP contribution >= 0.6 is 11.8 Å². The van der Waals surface area contributed by atoms with Gasteiger partial charge in [-0.25, -0.2) is 4.39 Å². The van der Waals surface area contributed by atoms with E-state index in [4.69, 9.17) is 0 Å². The van der Waals surface area contributed by atoms with Crippen LogP contribution in [0.2, 0.25) is 0 Å².